The van der Waals surface area contributed by atoms with Crippen molar-refractivity contribution in [3.63, 3.8) is 0 Å². The Labute approximate surface area is 409 Å². The number of hydrogen-bond donors (Lipinski definition) is 0. The normalized spacial score (nSPS) is 10.9. The minimum Gasteiger partial charge on any atom is -0.265 e. The van der Waals surface area contributed by atoms with Crippen molar-refractivity contribution in [3.8, 4) is 45.3 Å². The molecule has 2 heterocycles. The van der Waals surface area contributed by atoms with E-state index in [4.69, 9.17) is 15.0 Å². The Morgan fingerprint density at radius 2 is 0.457 bits per heavy atom. The molecule has 0 saturated heterocycles. The average molecular weight is 895 g/mol. The first kappa shape index (κ1) is 43.2. The van der Waals surface area contributed by atoms with Gasteiger partial charge in [-0.1, -0.05) is 243 Å². The molecule has 70 heavy (non-hydrogen) atoms. The van der Waals surface area contributed by atoms with E-state index in [-0.39, 0.29) is 0 Å². The van der Waals surface area contributed by atoms with Crippen LogP contribution in [0.3, 0.4) is 0 Å². The number of pyridine rings is 1. The molecule has 0 amide bonds. The minimum absolute atomic E-state index is 0.576. The summed E-state index contributed by atoms with van der Waals surface area (Å²) in [5.74, 6) is 1.73. The van der Waals surface area contributed by atoms with Crippen LogP contribution in [0.4, 0.5) is 0 Å². The monoisotopic (exact) mass is 894 g/mol. The molecular weight excluding hydrogens is 849 g/mol. The molecule has 0 N–H and O–H groups in total. The van der Waals surface area contributed by atoms with Gasteiger partial charge in [-0.05, 0) is 102 Å². The third-order valence-corrected chi connectivity index (χ3v) is 12.5. The summed E-state index contributed by atoms with van der Waals surface area (Å²) in [6, 6.07) is 93.6. The molecule has 0 saturated carbocycles. The molecule has 0 radical (unpaired) electrons. The molecule has 0 bridgehead atoms. The van der Waals surface area contributed by atoms with Gasteiger partial charge < -0.3 is 0 Å². The van der Waals surface area contributed by atoms with Crippen molar-refractivity contribution in [2.75, 3.05) is 0 Å². The summed E-state index contributed by atoms with van der Waals surface area (Å²) in [5.41, 5.74) is 18.1. The fourth-order valence-electron chi connectivity index (χ4n) is 9.20. The highest BCUT2D eigenvalue weighted by molar-refractivity contribution is 6.06. The van der Waals surface area contributed by atoms with E-state index in [1.165, 1.54) is 0 Å². The van der Waals surface area contributed by atoms with Gasteiger partial charge in [0.25, 0.3) is 0 Å². The smallest absolute Gasteiger partial charge is 0.164 e. The van der Waals surface area contributed by atoms with Crippen LogP contribution in [0.2, 0.25) is 0 Å². The molecule has 11 aromatic rings. The van der Waals surface area contributed by atoms with Gasteiger partial charge in [0.1, 0.15) is 0 Å². The van der Waals surface area contributed by atoms with E-state index in [0.717, 1.165) is 94.6 Å². The summed E-state index contributed by atoms with van der Waals surface area (Å²) < 4.78 is 0. The molecule has 0 aliphatic heterocycles. The number of hydrogen-bond acceptors (Lipinski definition) is 4. The van der Waals surface area contributed by atoms with Gasteiger partial charge in [0, 0.05) is 29.1 Å². The average Bonchev–Trinajstić information content (AvgIpc) is 3.45. The largest absolute Gasteiger partial charge is 0.265 e. The van der Waals surface area contributed by atoms with Gasteiger partial charge in [-0.15, -0.1) is 0 Å². The van der Waals surface area contributed by atoms with Crippen LogP contribution in [-0.2, 0) is 0 Å². The second-order valence-corrected chi connectivity index (χ2v) is 17.0. The molecule has 0 aliphatic carbocycles. The predicted molar refractivity (Wildman–Crippen MR) is 288 cm³/mol. The third kappa shape index (κ3) is 9.31. The quantitative estimate of drug-likeness (QED) is 0.115. The SMILES string of the molecule is c1ccc(C(=C(c2ccccc2)c2cccc(-c3nc(-c4ccc(-c5ccncc5)cc4)nc(-c4cccc(C(=C(c5ccccc5)c5ccccc5)c5ccccc5)c4)n3)c2)c2ccccc2)cc1. The Bertz CT molecular complexity index is 3300. The maximum Gasteiger partial charge on any atom is 0.164 e. The first-order valence-electron chi connectivity index (χ1n) is 23.5. The van der Waals surface area contributed by atoms with Crippen molar-refractivity contribution in [1.82, 2.24) is 19.9 Å². The Hall–Kier alpha value is -9.38. The highest BCUT2D eigenvalue weighted by Crippen LogP contribution is 2.40. The van der Waals surface area contributed by atoms with E-state index in [9.17, 15) is 0 Å². The van der Waals surface area contributed by atoms with Crippen LogP contribution >= 0.6 is 0 Å². The summed E-state index contributed by atoms with van der Waals surface area (Å²) >= 11 is 0. The number of nitrogens with zero attached hydrogens (tertiary/aromatic N) is 4. The molecule has 0 spiro atoms. The molecule has 4 nitrogen and oxygen atoms in total. The number of aromatic nitrogens is 4. The molecule has 0 fully saturated rings. The van der Waals surface area contributed by atoms with Gasteiger partial charge in [0.15, 0.2) is 17.5 Å². The molecule has 0 unspecified atom stereocenters. The number of benzene rings is 9. The Kier molecular flexibility index (Phi) is 12.5. The van der Waals surface area contributed by atoms with Crippen LogP contribution in [0.5, 0.6) is 0 Å². The second kappa shape index (κ2) is 20.2. The first-order valence-corrected chi connectivity index (χ1v) is 23.5. The third-order valence-electron chi connectivity index (χ3n) is 12.5. The van der Waals surface area contributed by atoms with E-state index in [0.29, 0.717) is 17.5 Å². The van der Waals surface area contributed by atoms with Gasteiger partial charge in [-0.2, -0.15) is 0 Å². The van der Waals surface area contributed by atoms with Crippen molar-refractivity contribution >= 4 is 22.3 Å². The Balaban J connectivity index is 1.12. The van der Waals surface area contributed by atoms with Gasteiger partial charge >= 0.3 is 0 Å². The minimum atomic E-state index is 0.576. The lowest BCUT2D eigenvalue weighted by Crippen LogP contribution is -2.02. The molecule has 330 valence electrons. The van der Waals surface area contributed by atoms with Crippen LogP contribution < -0.4 is 0 Å². The summed E-state index contributed by atoms with van der Waals surface area (Å²) in [4.78, 5) is 20.2. The van der Waals surface area contributed by atoms with Crippen LogP contribution in [0, 0.1) is 0 Å². The highest BCUT2D eigenvalue weighted by atomic mass is 15.0. The molecule has 0 atom stereocenters. The van der Waals surface area contributed by atoms with Gasteiger partial charge in [-0.3, -0.25) is 4.98 Å². The zero-order valence-corrected chi connectivity index (χ0v) is 38.3. The fraction of sp³-hybridized carbons (Fsp3) is 0. The molecular formula is C66H46N4. The van der Waals surface area contributed by atoms with E-state index in [1.807, 2.05) is 24.5 Å². The van der Waals surface area contributed by atoms with E-state index >= 15 is 0 Å². The number of rotatable bonds is 12. The highest BCUT2D eigenvalue weighted by Gasteiger charge is 2.21. The van der Waals surface area contributed by atoms with Crippen LogP contribution in [-0.4, -0.2) is 19.9 Å². The zero-order valence-electron chi connectivity index (χ0n) is 38.3. The van der Waals surface area contributed by atoms with Crippen molar-refractivity contribution in [2.45, 2.75) is 0 Å². The summed E-state index contributed by atoms with van der Waals surface area (Å²) in [7, 11) is 0. The van der Waals surface area contributed by atoms with E-state index < -0.39 is 0 Å². The van der Waals surface area contributed by atoms with E-state index in [2.05, 4.69) is 260 Å². The Morgan fingerprint density at radius 1 is 0.200 bits per heavy atom. The summed E-state index contributed by atoms with van der Waals surface area (Å²) in [6.45, 7) is 0. The van der Waals surface area contributed by atoms with Crippen molar-refractivity contribution in [2.24, 2.45) is 0 Å². The second-order valence-electron chi connectivity index (χ2n) is 17.0. The first-order chi connectivity index (χ1) is 34.7. The van der Waals surface area contributed by atoms with Crippen LogP contribution in [0.1, 0.15) is 44.5 Å². The lowest BCUT2D eigenvalue weighted by atomic mass is 9.85. The predicted octanol–water partition coefficient (Wildman–Crippen LogP) is 15.9. The Morgan fingerprint density at radius 3 is 0.786 bits per heavy atom. The molecule has 4 heteroatoms. The molecule has 2 aromatic heterocycles. The lowest BCUT2D eigenvalue weighted by Gasteiger charge is -2.19. The molecule has 9 aromatic carbocycles. The van der Waals surface area contributed by atoms with E-state index in [1.54, 1.807) is 0 Å². The van der Waals surface area contributed by atoms with Crippen molar-refractivity contribution < 1.29 is 0 Å². The van der Waals surface area contributed by atoms with Gasteiger partial charge in [0.05, 0.1) is 0 Å². The van der Waals surface area contributed by atoms with Crippen molar-refractivity contribution in [1.29, 1.82) is 0 Å². The molecule has 0 aliphatic rings. The maximum absolute atomic E-state index is 5.37. The topological polar surface area (TPSA) is 51.6 Å². The zero-order chi connectivity index (χ0) is 46.9. The van der Waals surface area contributed by atoms with Crippen LogP contribution in [0.25, 0.3) is 67.6 Å². The molecule has 11 rings (SSSR count). The summed E-state index contributed by atoms with van der Waals surface area (Å²) in [5, 5.41) is 0. The van der Waals surface area contributed by atoms with Gasteiger partial charge in [0.2, 0.25) is 0 Å². The van der Waals surface area contributed by atoms with Crippen molar-refractivity contribution in [3.05, 3.63) is 324 Å². The maximum atomic E-state index is 5.37. The van der Waals surface area contributed by atoms with Crippen LogP contribution in [0.15, 0.2) is 279 Å². The van der Waals surface area contributed by atoms with Gasteiger partial charge in [-0.25, -0.2) is 15.0 Å². The lowest BCUT2D eigenvalue weighted by molar-refractivity contribution is 1.07. The summed E-state index contributed by atoms with van der Waals surface area (Å²) in [6.07, 6.45) is 3.64. The fourth-order valence-corrected chi connectivity index (χ4v) is 9.20. The standard InChI is InChI=1S/C66H46N4/c1-7-21-49(22-8-1)60(50-23-9-2-10-24-50)62(53-29-15-5-16-30-53)56-33-19-35-58(45-56)65-68-64(55-39-37-47(38-40-55)48-41-43-67-44-42-48)69-66(70-65)59-36-20-34-57(46-59)63(54-31-17-6-18-32-54)61(51-25-11-3-12-26-51)52-27-13-4-14-28-52/h1-46H.